The van der Waals surface area contributed by atoms with Gasteiger partial charge in [-0.1, -0.05) is 89.7 Å². The van der Waals surface area contributed by atoms with Crippen LogP contribution in [0.3, 0.4) is 0 Å². The number of carbonyl (C=O) groups excluding carboxylic acids is 1. The number of carbonyl (C=O) groups is 1. The maximum atomic E-state index is 11.0. The molecule has 208 valence electrons. The van der Waals surface area contributed by atoms with Crippen LogP contribution in [-0.4, -0.2) is 17.4 Å². The quantitative estimate of drug-likeness (QED) is 0.156. The van der Waals surface area contributed by atoms with E-state index < -0.39 is 0 Å². The second kappa shape index (κ2) is 12.5. The van der Waals surface area contributed by atoms with Crippen molar-refractivity contribution in [3.8, 4) is 23.7 Å². The van der Waals surface area contributed by atoms with Crippen LogP contribution in [0.4, 0.5) is 0 Å². The molecule has 4 aliphatic carbocycles. The van der Waals surface area contributed by atoms with Gasteiger partial charge in [-0.2, -0.15) is 0 Å². The fraction of sp³-hybridized carbons (Fsp3) is 0.237. The van der Waals surface area contributed by atoms with Gasteiger partial charge in [-0.25, -0.2) is 0 Å². The van der Waals surface area contributed by atoms with Gasteiger partial charge in [0.1, 0.15) is 0 Å². The van der Waals surface area contributed by atoms with Crippen molar-refractivity contribution in [1.29, 1.82) is 0 Å². The molecular formula is C38H33NOS2. The summed E-state index contributed by atoms with van der Waals surface area (Å²) in [5, 5.41) is 0.109. The van der Waals surface area contributed by atoms with Gasteiger partial charge in [0.25, 0.3) is 0 Å². The number of allylic oxidation sites excluding steroid dienone is 7. The molecule has 0 spiro atoms. The van der Waals surface area contributed by atoms with Gasteiger partial charge < -0.3 is 0 Å². The van der Waals surface area contributed by atoms with Crippen molar-refractivity contribution in [1.82, 2.24) is 0 Å². The molecule has 0 radical (unpaired) electrons. The number of nitrogens with zero attached hydrogens (tertiary/aromatic N) is 1. The lowest BCUT2D eigenvalue weighted by Crippen LogP contribution is -2.05. The highest BCUT2D eigenvalue weighted by atomic mass is 32.2. The molecule has 6 rings (SSSR count). The molecule has 2 saturated carbocycles. The van der Waals surface area contributed by atoms with Crippen molar-refractivity contribution in [3.63, 3.8) is 0 Å². The van der Waals surface area contributed by atoms with Gasteiger partial charge in [-0.3, -0.25) is 9.79 Å². The molecule has 0 heterocycles. The molecule has 0 aromatic heterocycles. The summed E-state index contributed by atoms with van der Waals surface area (Å²) < 4.78 is 0. The van der Waals surface area contributed by atoms with Crippen molar-refractivity contribution in [3.05, 3.63) is 124 Å². The zero-order chi connectivity index (χ0) is 29.7. The van der Waals surface area contributed by atoms with E-state index in [1.807, 2.05) is 43.3 Å². The molecule has 0 amide bonds. The maximum Gasteiger partial charge on any atom is 0.190 e. The number of fused-ring (bicyclic) bond motifs is 2. The first-order valence-electron chi connectivity index (χ1n) is 14.0. The molecule has 4 heteroatoms. The molecule has 0 saturated heterocycles. The molecule has 4 unspecified atom stereocenters. The third-order valence-corrected chi connectivity index (χ3v) is 9.46. The highest BCUT2D eigenvalue weighted by molar-refractivity contribution is 8.13. The van der Waals surface area contributed by atoms with Gasteiger partial charge in [0.2, 0.25) is 0 Å². The standard InChI is InChI=1S/C20H17NS.C18H16OS/c1-4-15(2)22-19-9-7-16(8-10-19)5-6-17-11-12-20(21-3)14-18(20)13-17;1-13-7-9-18(12-16(18)11-13)10-8-15-3-5-17(6-4-15)20-14(2)19/h7-13,18H,1,3,14H2,2H3;3-7,9,11,16H,12H2,1-2H3. The molecular weight excluding hydrogens is 551 g/mol. The number of hydrogen-bond acceptors (Lipinski definition) is 4. The van der Waals surface area contributed by atoms with Crippen LogP contribution in [0.15, 0.2) is 128 Å². The van der Waals surface area contributed by atoms with Crippen molar-refractivity contribution in [2.75, 3.05) is 0 Å². The molecule has 42 heavy (non-hydrogen) atoms. The topological polar surface area (TPSA) is 29.4 Å². The van der Waals surface area contributed by atoms with Crippen molar-refractivity contribution in [2.24, 2.45) is 22.2 Å². The minimum atomic E-state index is -0.0133. The third kappa shape index (κ3) is 7.28. The normalized spacial score (nSPS) is 25.1. The molecule has 0 N–H and O–H groups in total. The molecule has 2 nitrogen and oxygen atoms in total. The maximum absolute atomic E-state index is 11.0. The summed E-state index contributed by atoms with van der Waals surface area (Å²) in [6.45, 7) is 13.0. The highest BCUT2D eigenvalue weighted by Gasteiger charge is 2.52. The first kappa shape index (κ1) is 29.6. The van der Waals surface area contributed by atoms with E-state index in [0.29, 0.717) is 11.8 Å². The lowest BCUT2D eigenvalue weighted by atomic mass is 9.96. The summed E-state index contributed by atoms with van der Waals surface area (Å²) in [5.41, 5.74) is 7.41. The molecule has 2 aromatic carbocycles. The van der Waals surface area contributed by atoms with Crippen LogP contribution in [0.1, 0.15) is 44.7 Å². The van der Waals surface area contributed by atoms with Gasteiger partial charge in [-0.15, -0.1) is 5.73 Å². The SMILES string of the molecule is C=C=C(C)Sc1ccc(C#CC2=CC3CC3(N=C)C=C2)cc1.CC(=O)Sc1ccc(C#CC23C=CC(C)=CC2C3)cc1. The van der Waals surface area contributed by atoms with E-state index in [2.05, 4.69) is 103 Å². The second-order valence-electron chi connectivity index (χ2n) is 11.0. The van der Waals surface area contributed by atoms with Crippen molar-refractivity contribution >= 4 is 35.4 Å². The fourth-order valence-electron chi connectivity index (χ4n) is 4.98. The lowest BCUT2D eigenvalue weighted by Gasteiger charge is -2.07. The van der Waals surface area contributed by atoms with Crippen LogP contribution in [0.2, 0.25) is 0 Å². The summed E-state index contributed by atoms with van der Waals surface area (Å²) >= 11 is 2.92. The van der Waals surface area contributed by atoms with E-state index >= 15 is 0 Å². The van der Waals surface area contributed by atoms with E-state index in [4.69, 9.17) is 0 Å². The van der Waals surface area contributed by atoms with E-state index in [-0.39, 0.29) is 16.1 Å². The van der Waals surface area contributed by atoms with E-state index in [1.54, 1.807) is 18.7 Å². The van der Waals surface area contributed by atoms with Crippen molar-refractivity contribution < 1.29 is 4.79 Å². The number of aliphatic imine (C=N–C) groups is 1. The summed E-state index contributed by atoms with van der Waals surface area (Å²) in [7, 11) is 0. The van der Waals surface area contributed by atoms with Crippen molar-refractivity contribution in [2.45, 2.75) is 48.9 Å². The average molecular weight is 584 g/mol. The summed E-state index contributed by atoms with van der Waals surface area (Å²) in [6, 6.07) is 16.1. The lowest BCUT2D eigenvalue weighted by molar-refractivity contribution is -0.109. The average Bonchev–Trinajstić information content (AvgIpc) is 3.90. The highest BCUT2D eigenvalue weighted by Crippen LogP contribution is 2.56. The second-order valence-corrected chi connectivity index (χ2v) is 13.5. The van der Waals surface area contributed by atoms with Gasteiger partial charge in [0, 0.05) is 44.2 Å². The molecule has 4 atom stereocenters. The Labute approximate surface area is 258 Å². The molecule has 2 aromatic rings. The molecule has 0 bridgehead atoms. The molecule has 2 fully saturated rings. The zero-order valence-corrected chi connectivity index (χ0v) is 25.9. The number of rotatable bonds is 4. The summed E-state index contributed by atoms with van der Waals surface area (Å²) in [6.07, 6.45) is 15.4. The predicted octanol–water partition coefficient (Wildman–Crippen LogP) is 8.97. The van der Waals surface area contributed by atoms with Crippen LogP contribution in [0.25, 0.3) is 0 Å². The van der Waals surface area contributed by atoms with Gasteiger partial charge in [0.05, 0.1) is 11.0 Å². The van der Waals surface area contributed by atoms with E-state index in [0.717, 1.165) is 39.3 Å². The van der Waals surface area contributed by atoms with Gasteiger partial charge >= 0.3 is 0 Å². The van der Waals surface area contributed by atoms with Gasteiger partial charge in [0.15, 0.2) is 5.12 Å². The van der Waals surface area contributed by atoms with Crippen LogP contribution < -0.4 is 0 Å². The van der Waals surface area contributed by atoms with Crippen LogP contribution in [0, 0.1) is 40.9 Å². The monoisotopic (exact) mass is 583 g/mol. The largest absolute Gasteiger partial charge is 0.290 e. The van der Waals surface area contributed by atoms with Crippen LogP contribution in [0.5, 0.6) is 0 Å². The van der Waals surface area contributed by atoms with Crippen LogP contribution in [-0.2, 0) is 4.79 Å². The minimum absolute atomic E-state index is 0.0133. The zero-order valence-electron chi connectivity index (χ0n) is 24.2. The molecule has 4 aliphatic rings. The van der Waals surface area contributed by atoms with E-state index in [1.165, 1.54) is 22.2 Å². The Morgan fingerprint density at radius 2 is 1.52 bits per heavy atom. The summed E-state index contributed by atoms with van der Waals surface area (Å²) in [5.74, 6) is 14.2. The number of hydrogen-bond donors (Lipinski definition) is 0. The Hall–Kier alpha value is -3.92. The Kier molecular flexibility index (Phi) is 8.82. The number of thioether (sulfide) groups is 2. The molecule has 0 aliphatic heterocycles. The summed E-state index contributed by atoms with van der Waals surface area (Å²) in [4.78, 5) is 18.4. The fourth-order valence-corrected chi connectivity index (χ4v) is 6.28. The van der Waals surface area contributed by atoms with E-state index in [9.17, 15) is 4.79 Å². The Balaban J connectivity index is 0.000000169. The smallest absolute Gasteiger partial charge is 0.190 e. The first-order chi connectivity index (χ1) is 20.2. The Bertz CT molecular complexity index is 1710. The predicted molar refractivity (Wildman–Crippen MR) is 178 cm³/mol. The Morgan fingerprint density at radius 3 is 2.12 bits per heavy atom. The van der Waals surface area contributed by atoms with Gasteiger partial charge in [-0.05, 0) is 93.9 Å². The van der Waals surface area contributed by atoms with Crippen LogP contribution >= 0.6 is 23.5 Å². The number of benzene rings is 2. The minimum Gasteiger partial charge on any atom is -0.290 e. The first-order valence-corrected chi connectivity index (χ1v) is 15.6. The third-order valence-electron chi connectivity index (χ3n) is 7.70. The Morgan fingerprint density at radius 1 is 0.857 bits per heavy atom.